The van der Waals surface area contributed by atoms with Crippen LogP contribution in [0.4, 0.5) is 0 Å². The van der Waals surface area contributed by atoms with Gasteiger partial charge in [0.2, 0.25) is 17.7 Å². The molecule has 12 nitrogen and oxygen atoms in total. The second-order valence-corrected chi connectivity index (χ2v) is 7.60. The molecule has 0 radical (unpaired) electrons. The highest BCUT2D eigenvalue weighted by atomic mass is 16.4. The molecule has 3 amide bonds. The first-order valence-electron chi connectivity index (χ1n) is 10.3. The summed E-state index contributed by atoms with van der Waals surface area (Å²) in [6, 6.07) is -4.41. The van der Waals surface area contributed by atoms with E-state index in [2.05, 4.69) is 21.3 Å². The van der Waals surface area contributed by atoms with Gasteiger partial charge in [-0.1, -0.05) is 20.3 Å². The van der Waals surface area contributed by atoms with Crippen LogP contribution in [0.5, 0.6) is 0 Å². The van der Waals surface area contributed by atoms with Crippen molar-refractivity contribution < 1.29 is 39.3 Å². The largest absolute Gasteiger partial charge is 0.481 e. The molecule has 1 saturated heterocycles. The Morgan fingerprint density at radius 1 is 1.03 bits per heavy atom. The lowest BCUT2D eigenvalue weighted by Gasteiger charge is -2.26. The molecule has 0 aromatic carbocycles. The first-order valence-corrected chi connectivity index (χ1v) is 10.3. The Kier molecular flexibility index (Phi) is 10.9. The van der Waals surface area contributed by atoms with Gasteiger partial charge in [-0.3, -0.25) is 19.2 Å². The Balaban J connectivity index is 2.86. The van der Waals surface area contributed by atoms with E-state index in [-0.39, 0.29) is 6.42 Å². The number of amides is 3. The highest BCUT2D eigenvalue weighted by Gasteiger charge is 2.32. The molecule has 1 fully saturated rings. The van der Waals surface area contributed by atoms with E-state index in [1.807, 2.05) is 0 Å². The number of carbonyl (C=O) groups excluding carboxylic acids is 3. The van der Waals surface area contributed by atoms with Crippen LogP contribution in [-0.4, -0.2) is 82.3 Å². The minimum Gasteiger partial charge on any atom is -0.481 e. The van der Waals surface area contributed by atoms with Gasteiger partial charge >= 0.3 is 11.9 Å². The van der Waals surface area contributed by atoms with Gasteiger partial charge in [0.05, 0.1) is 12.6 Å². The number of aliphatic carboxylic acids is 2. The van der Waals surface area contributed by atoms with Gasteiger partial charge in [0.25, 0.3) is 0 Å². The van der Waals surface area contributed by atoms with Crippen molar-refractivity contribution in [1.82, 2.24) is 21.3 Å². The summed E-state index contributed by atoms with van der Waals surface area (Å²) in [5, 5.41) is 37.8. The van der Waals surface area contributed by atoms with Gasteiger partial charge in [-0.15, -0.1) is 0 Å². The molecule has 5 atom stereocenters. The first-order chi connectivity index (χ1) is 14.6. The van der Waals surface area contributed by atoms with Crippen LogP contribution in [0.2, 0.25) is 0 Å². The van der Waals surface area contributed by atoms with Gasteiger partial charge < -0.3 is 36.6 Å². The molecule has 1 aliphatic rings. The Morgan fingerprint density at radius 2 is 1.68 bits per heavy atom. The molecular formula is C19H32N4O8. The fourth-order valence-electron chi connectivity index (χ4n) is 3.12. The van der Waals surface area contributed by atoms with Gasteiger partial charge in [-0.2, -0.15) is 0 Å². The zero-order chi connectivity index (χ0) is 23.6. The van der Waals surface area contributed by atoms with Crippen molar-refractivity contribution in [3.8, 4) is 0 Å². The Labute approximate surface area is 180 Å². The lowest BCUT2D eigenvalue weighted by atomic mass is 9.98. The third-order valence-corrected chi connectivity index (χ3v) is 5.25. The second kappa shape index (κ2) is 12.8. The molecule has 1 rings (SSSR count). The van der Waals surface area contributed by atoms with Crippen LogP contribution in [0.1, 0.15) is 46.0 Å². The minimum absolute atomic E-state index is 0.296. The minimum atomic E-state index is -1.36. The van der Waals surface area contributed by atoms with Crippen molar-refractivity contribution >= 4 is 29.7 Å². The zero-order valence-electron chi connectivity index (χ0n) is 17.7. The topological polar surface area (TPSA) is 194 Å². The summed E-state index contributed by atoms with van der Waals surface area (Å²) in [7, 11) is 0. The van der Waals surface area contributed by atoms with Crippen molar-refractivity contribution in [2.24, 2.45) is 5.92 Å². The highest BCUT2D eigenvalue weighted by Crippen LogP contribution is 2.10. The highest BCUT2D eigenvalue weighted by molar-refractivity contribution is 5.94. The molecule has 0 spiro atoms. The van der Waals surface area contributed by atoms with E-state index in [1.54, 1.807) is 13.8 Å². The van der Waals surface area contributed by atoms with Crippen LogP contribution in [0.3, 0.4) is 0 Å². The fraction of sp³-hybridized carbons (Fsp3) is 0.737. The zero-order valence-corrected chi connectivity index (χ0v) is 17.7. The van der Waals surface area contributed by atoms with E-state index < -0.39 is 72.8 Å². The van der Waals surface area contributed by atoms with Crippen LogP contribution in [0, 0.1) is 5.92 Å². The van der Waals surface area contributed by atoms with Crippen molar-refractivity contribution in [1.29, 1.82) is 0 Å². The van der Waals surface area contributed by atoms with Crippen LogP contribution >= 0.6 is 0 Å². The number of hydrogen-bond donors (Lipinski definition) is 7. The molecule has 0 aromatic heterocycles. The monoisotopic (exact) mass is 444 g/mol. The predicted molar refractivity (Wildman–Crippen MR) is 108 cm³/mol. The second-order valence-electron chi connectivity index (χ2n) is 7.60. The van der Waals surface area contributed by atoms with E-state index in [9.17, 15) is 34.2 Å². The summed E-state index contributed by atoms with van der Waals surface area (Å²) in [4.78, 5) is 59.8. The molecule has 7 N–H and O–H groups in total. The number of carboxylic acids is 2. The van der Waals surface area contributed by atoms with Crippen LogP contribution in [0.25, 0.3) is 0 Å². The van der Waals surface area contributed by atoms with Crippen molar-refractivity contribution in [2.75, 3.05) is 13.2 Å². The summed E-state index contributed by atoms with van der Waals surface area (Å²) >= 11 is 0. The molecule has 176 valence electrons. The maximum atomic E-state index is 12.6. The Morgan fingerprint density at radius 3 is 2.16 bits per heavy atom. The molecule has 12 heteroatoms. The molecular weight excluding hydrogens is 412 g/mol. The average Bonchev–Trinajstić information content (AvgIpc) is 3.26. The summed E-state index contributed by atoms with van der Waals surface area (Å²) in [6.07, 6.45) is 1.10. The van der Waals surface area contributed by atoms with Gasteiger partial charge in [-0.05, 0) is 31.7 Å². The number of aliphatic hydroxyl groups excluding tert-OH is 1. The molecule has 0 aliphatic carbocycles. The van der Waals surface area contributed by atoms with E-state index in [0.717, 1.165) is 6.42 Å². The average molecular weight is 444 g/mol. The molecule has 31 heavy (non-hydrogen) atoms. The molecule has 1 aliphatic heterocycles. The van der Waals surface area contributed by atoms with Crippen molar-refractivity contribution in [3.63, 3.8) is 0 Å². The van der Waals surface area contributed by atoms with Crippen LogP contribution < -0.4 is 21.3 Å². The van der Waals surface area contributed by atoms with E-state index in [1.165, 1.54) is 0 Å². The molecule has 0 bridgehead atoms. The van der Waals surface area contributed by atoms with Crippen LogP contribution in [-0.2, 0) is 24.0 Å². The SMILES string of the molecule is CCC(C)C(NC(=O)C(CCC(=O)O)NC(=O)C(CO)NC(=O)C1CCCN1)C(=O)O. The standard InChI is InChI=1S/C19H32N4O8/c1-3-10(2)15(19(30)31)23-17(28)12(6-7-14(25)26)21-18(29)13(9-24)22-16(27)11-5-4-8-20-11/h10-13,15,20,24H,3-9H2,1-2H3,(H,21,29)(H,22,27)(H,23,28)(H,25,26)(H,30,31). The Hall–Kier alpha value is -2.73. The van der Waals surface area contributed by atoms with Crippen LogP contribution in [0.15, 0.2) is 0 Å². The number of nitrogens with one attached hydrogen (secondary N) is 4. The lowest BCUT2D eigenvalue weighted by Crippen LogP contribution is -2.58. The van der Waals surface area contributed by atoms with Gasteiger partial charge in [-0.25, -0.2) is 4.79 Å². The maximum absolute atomic E-state index is 12.6. The number of carbonyl (C=O) groups is 5. The first kappa shape index (κ1) is 26.3. The fourth-order valence-corrected chi connectivity index (χ4v) is 3.12. The molecule has 5 unspecified atom stereocenters. The quantitative estimate of drug-likeness (QED) is 0.171. The summed E-state index contributed by atoms with van der Waals surface area (Å²) in [5.41, 5.74) is 0. The molecule has 1 heterocycles. The molecule has 0 saturated carbocycles. The number of hydrogen-bond acceptors (Lipinski definition) is 7. The van der Waals surface area contributed by atoms with Gasteiger partial charge in [0.1, 0.15) is 18.1 Å². The number of carboxylic acid groups (broad SMARTS) is 2. The van der Waals surface area contributed by atoms with Crippen molar-refractivity contribution in [2.45, 2.75) is 70.1 Å². The van der Waals surface area contributed by atoms with Gasteiger partial charge in [0.15, 0.2) is 0 Å². The predicted octanol–water partition coefficient (Wildman–Crippen LogP) is -1.82. The molecule has 0 aromatic rings. The smallest absolute Gasteiger partial charge is 0.326 e. The summed E-state index contributed by atoms with van der Waals surface area (Å²) in [5.74, 6) is -5.07. The third kappa shape index (κ3) is 8.50. The lowest BCUT2D eigenvalue weighted by molar-refractivity contribution is -0.144. The third-order valence-electron chi connectivity index (χ3n) is 5.25. The van der Waals surface area contributed by atoms with Gasteiger partial charge in [0, 0.05) is 6.42 Å². The van der Waals surface area contributed by atoms with E-state index in [4.69, 9.17) is 5.11 Å². The van der Waals surface area contributed by atoms with E-state index >= 15 is 0 Å². The summed E-state index contributed by atoms with van der Waals surface area (Å²) < 4.78 is 0. The number of rotatable bonds is 13. The van der Waals surface area contributed by atoms with E-state index in [0.29, 0.717) is 19.4 Å². The Bertz CT molecular complexity index is 665. The maximum Gasteiger partial charge on any atom is 0.326 e. The summed E-state index contributed by atoms with van der Waals surface area (Å²) in [6.45, 7) is 3.32. The van der Waals surface area contributed by atoms with Crippen molar-refractivity contribution in [3.05, 3.63) is 0 Å². The number of aliphatic hydroxyl groups is 1. The normalized spacial score (nSPS) is 19.5.